The van der Waals surface area contributed by atoms with E-state index in [0.29, 0.717) is 29.4 Å². The van der Waals surface area contributed by atoms with Crippen LogP contribution in [0.1, 0.15) is 48.4 Å². The van der Waals surface area contributed by atoms with Gasteiger partial charge in [-0.15, -0.1) is 0 Å². The Kier molecular flexibility index (Phi) is 6.40. The Labute approximate surface area is 134 Å². The maximum absolute atomic E-state index is 12.7. The van der Waals surface area contributed by atoms with Crippen molar-refractivity contribution in [2.75, 3.05) is 13.1 Å². The van der Waals surface area contributed by atoms with E-state index < -0.39 is 5.97 Å². The molecule has 0 bridgehead atoms. The van der Waals surface area contributed by atoms with Gasteiger partial charge in [-0.3, -0.25) is 4.79 Å². The molecule has 0 fully saturated rings. The summed E-state index contributed by atoms with van der Waals surface area (Å²) >= 11 is 3.24. The van der Waals surface area contributed by atoms with Crippen LogP contribution in [0.4, 0.5) is 0 Å². The number of nitrogens with zero attached hydrogens (tertiary/aromatic N) is 1. The topological polar surface area (TPSA) is 57.6 Å². The number of carbonyl (C=O) groups excluding carboxylic acids is 1. The molecule has 1 aromatic rings. The third-order valence-electron chi connectivity index (χ3n) is 2.90. The molecule has 21 heavy (non-hydrogen) atoms. The zero-order chi connectivity index (χ0) is 16.2. The molecule has 0 aliphatic rings. The summed E-state index contributed by atoms with van der Waals surface area (Å²) in [7, 11) is 0. The van der Waals surface area contributed by atoms with Crippen LogP contribution >= 0.6 is 15.9 Å². The number of rotatable bonds is 6. The van der Waals surface area contributed by atoms with Gasteiger partial charge in [0, 0.05) is 17.6 Å². The molecule has 0 aliphatic heterocycles. The third kappa shape index (κ3) is 5.16. The molecule has 1 amide bonds. The fourth-order valence-electron chi connectivity index (χ4n) is 2.17. The average Bonchev–Trinajstić information content (AvgIpc) is 2.35. The molecule has 0 aromatic heterocycles. The predicted molar refractivity (Wildman–Crippen MR) is 86.7 cm³/mol. The van der Waals surface area contributed by atoms with Crippen molar-refractivity contribution in [2.24, 2.45) is 11.8 Å². The van der Waals surface area contributed by atoms with Crippen LogP contribution in [-0.4, -0.2) is 35.0 Å². The van der Waals surface area contributed by atoms with Gasteiger partial charge in [-0.1, -0.05) is 43.6 Å². The minimum Gasteiger partial charge on any atom is -0.478 e. The van der Waals surface area contributed by atoms with E-state index in [1.165, 1.54) is 6.07 Å². The van der Waals surface area contributed by atoms with Crippen LogP contribution in [0, 0.1) is 11.8 Å². The lowest BCUT2D eigenvalue weighted by Crippen LogP contribution is -2.37. The third-order valence-corrected chi connectivity index (χ3v) is 3.39. The highest BCUT2D eigenvalue weighted by Crippen LogP contribution is 2.19. The van der Waals surface area contributed by atoms with Gasteiger partial charge in [0.25, 0.3) is 5.91 Å². The van der Waals surface area contributed by atoms with Crippen molar-refractivity contribution in [1.82, 2.24) is 4.90 Å². The maximum atomic E-state index is 12.7. The Balaban J connectivity index is 3.16. The van der Waals surface area contributed by atoms with E-state index in [0.717, 1.165) is 0 Å². The number of carboxylic acids is 1. The zero-order valence-corrected chi connectivity index (χ0v) is 14.5. The number of halogens is 1. The molecule has 0 heterocycles. The van der Waals surface area contributed by atoms with Crippen LogP contribution in [-0.2, 0) is 0 Å². The first-order chi connectivity index (χ1) is 9.72. The monoisotopic (exact) mass is 355 g/mol. The van der Waals surface area contributed by atoms with Crippen molar-refractivity contribution < 1.29 is 14.7 Å². The van der Waals surface area contributed by atoms with E-state index in [9.17, 15) is 14.7 Å². The second-order valence-corrected chi connectivity index (χ2v) is 6.91. The normalized spacial score (nSPS) is 11.0. The zero-order valence-electron chi connectivity index (χ0n) is 12.9. The molecule has 1 N–H and O–H groups in total. The van der Waals surface area contributed by atoms with Crippen molar-refractivity contribution in [3.8, 4) is 0 Å². The summed E-state index contributed by atoms with van der Waals surface area (Å²) in [6.07, 6.45) is 0. The lowest BCUT2D eigenvalue weighted by molar-refractivity contribution is 0.0663. The minimum absolute atomic E-state index is 0.0342. The van der Waals surface area contributed by atoms with Gasteiger partial charge in [-0.25, -0.2) is 4.79 Å². The predicted octanol–water partition coefficient (Wildman–Crippen LogP) is 3.90. The van der Waals surface area contributed by atoms with Crippen molar-refractivity contribution >= 4 is 27.8 Å². The largest absolute Gasteiger partial charge is 0.478 e. The fraction of sp³-hybridized carbons (Fsp3) is 0.500. The standard InChI is InChI=1S/C16H22BrNO3/c1-10(2)8-18(9-11(3)4)15(19)13-6-5-12(17)7-14(13)16(20)21/h5-7,10-11H,8-9H2,1-4H3,(H,20,21). The van der Waals surface area contributed by atoms with Crippen LogP contribution in [0.5, 0.6) is 0 Å². The van der Waals surface area contributed by atoms with Gasteiger partial charge < -0.3 is 10.0 Å². The van der Waals surface area contributed by atoms with Crippen molar-refractivity contribution in [1.29, 1.82) is 0 Å². The first kappa shape index (κ1) is 17.7. The van der Waals surface area contributed by atoms with Crippen LogP contribution in [0.25, 0.3) is 0 Å². The fourth-order valence-corrected chi connectivity index (χ4v) is 2.53. The van der Waals surface area contributed by atoms with Gasteiger partial charge in [-0.2, -0.15) is 0 Å². The highest BCUT2D eigenvalue weighted by Gasteiger charge is 2.23. The molecular weight excluding hydrogens is 334 g/mol. The van der Waals surface area contributed by atoms with E-state index in [4.69, 9.17) is 0 Å². The van der Waals surface area contributed by atoms with Crippen molar-refractivity contribution in [3.05, 3.63) is 33.8 Å². The summed E-state index contributed by atoms with van der Waals surface area (Å²) in [6, 6.07) is 4.74. The average molecular weight is 356 g/mol. The number of hydrogen-bond donors (Lipinski definition) is 1. The summed E-state index contributed by atoms with van der Waals surface area (Å²) in [5, 5.41) is 9.29. The Morgan fingerprint density at radius 1 is 1.10 bits per heavy atom. The lowest BCUT2D eigenvalue weighted by Gasteiger charge is -2.27. The lowest BCUT2D eigenvalue weighted by atomic mass is 10.0. The molecule has 5 heteroatoms. The molecule has 1 aromatic carbocycles. The highest BCUT2D eigenvalue weighted by molar-refractivity contribution is 9.10. The maximum Gasteiger partial charge on any atom is 0.336 e. The summed E-state index contributed by atoms with van der Waals surface area (Å²) in [5.74, 6) is -0.649. The smallest absolute Gasteiger partial charge is 0.336 e. The summed E-state index contributed by atoms with van der Waals surface area (Å²) in [5.41, 5.74) is 0.277. The number of benzene rings is 1. The second-order valence-electron chi connectivity index (χ2n) is 5.99. The molecule has 0 saturated carbocycles. The van der Waals surface area contributed by atoms with Crippen LogP contribution in [0.15, 0.2) is 22.7 Å². The molecule has 0 atom stereocenters. The Morgan fingerprint density at radius 2 is 1.62 bits per heavy atom. The van der Waals surface area contributed by atoms with E-state index >= 15 is 0 Å². The molecule has 116 valence electrons. The molecule has 0 aliphatic carbocycles. The second kappa shape index (κ2) is 7.59. The molecule has 0 spiro atoms. The van der Waals surface area contributed by atoms with E-state index in [2.05, 4.69) is 15.9 Å². The number of aromatic carboxylic acids is 1. The first-order valence-corrected chi connectivity index (χ1v) is 7.83. The number of carbonyl (C=O) groups is 2. The molecule has 0 unspecified atom stereocenters. The van der Waals surface area contributed by atoms with Gasteiger partial charge in [0.1, 0.15) is 0 Å². The van der Waals surface area contributed by atoms with Gasteiger partial charge in [0.15, 0.2) is 0 Å². The Morgan fingerprint density at radius 3 is 2.05 bits per heavy atom. The number of carboxylic acid groups (broad SMARTS) is 1. The van der Waals surface area contributed by atoms with Crippen molar-refractivity contribution in [3.63, 3.8) is 0 Å². The van der Waals surface area contributed by atoms with Crippen LogP contribution < -0.4 is 0 Å². The first-order valence-electron chi connectivity index (χ1n) is 7.04. The molecule has 1 rings (SSSR count). The van der Waals surface area contributed by atoms with Crippen LogP contribution in [0.2, 0.25) is 0 Å². The summed E-state index contributed by atoms with van der Waals surface area (Å²) < 4.78 is 0.649. The summed E-state index contributed by atoms with van der Waals surface area (Å²) in [6.45, 7) is 9.40. The Bertz CT molecular complexity index is 516. The van der Waals surface area contributed by atoms with Crippen LogP contribution in [0.3, 0.4) is 0 Å². The highest BCUT2D eigenvalue weighted by atomic mass is 79.9. The quantitative estimate of drug-likeness (QED) is 0.841. The minimum atomic E-state index is -1.09. The SMILES string of the molecule is CC(C)CN(CC(C)C)C(=O)c1ccc(Br)cc1C(=O)O. The van der Waals surface area contributed by atoms with E-state index in [1.807, 2.05) is 27.7 Å². The molecule has 0 radical (unpaired) electrons. The van der Waals surface area contributed by atoms with Crippen molar-refractivity contribution in [2.45, 2.75) is 27.7 Å². The molecule has 0 saturated heterocycles. The molecule has 4 nitrogen and oxygen atoms in total. The molecular formula is C16H22BrNO3. The summed E-state index contributed by atoms with van der Waals surface area (Å²) in [4.78, 5) is 25.8. The van der Waals surface area contributed by atoms with E-state index in [1.54, 1.807) is 17.0 Å². The Hall–Kier alpha value is -1.36. The number of hydrogen-bond acceptors (Lipinski definition) is 2. The van der Waals surface area contributed by atoms with E-state index in [-0.39, 0.29) is 17.0 Å². The van der Waals surface area contributed by atoms with Gasteiger partial charge in [0.2, 0.25) is 0 Å². The number of amides is 1. The van der Waals surface area contributed by atoms with Gasteiger partial charge in [0.05, 0.1) is 11.1 Å². The van der Waals surface area contributed by atoms with Gasteiger partial charge >= 0.3 is 5.97 Å². The van der Waals surface area contributed by atoms with Gasteiger partial charge in [-0.05, 0) is 30.0 Å².